The molecule has 5 nitrogen and oxygen atoms in total. The van der Waals surface area contributed by atoms with Crippen molar-refractivity contribution in [3.63, 3.8) is 0 Å². The van der Waals surface area contributed by atoms with Crippen molar-refractivity contribution < 1.29 is 14.7 Å². The van der Waals surface area contributed by atoms with Crippen LogP contribution < -0.4 is 5.73 Å². The van der Waals surface area contributed by atoms with Gasteiger partial charge < -0.3 is 15.7 Å². The molecule has 1 aliphatic rings. The van der Waals surface area contributed by atoms with Crippen LogP contribution in [0.25, 0.3) is 0 Å². The van der Waals surface area contributed by atoms with Crippen LogP contribution in [-0.2, 0) is 9.59 Å². The molecule has 1 amide bonds. The highest BCUT2D eigenvalue weighted by atomic mass is 16.4. The first-order valence-electron chi connectivity index (χ1n) is 5.12. The zero-order chi connectivity index (χ0) is 11.8. The van der Waals surface area contributed by atoms with Crippen molar-refractivity contribution in [2.75, 3.05) is 6.54 Å². The van der Waals surface area contributed by atoms with E-state index in [1.165, 1.54) is 4.90 Å². The summed E-state index contributed by atoms with van der Waals surface area (Å²) in [5, 5.41) is 9.23. The topological polar surface area (TPSA) is 83.6 Å². The van der Waals surface area contributed by atoms with Crippen LogP contribution in [0.4, 0.5) is 0 Å². The molecule has 1 fully saturated rings. The van der Waals surface area contributed by atoms with Crippen LogP contribution in [0, 0.1) is 5.92 Å². The largest absolute Gasteiger partial charge is 0.479 e. The molecule has 0 spiro atoms. The van der Waals surface area contributed by atoms with Crippen molar-refractivity contribution in [1.82, 2.24) is 4.90 Å². The van der Waals surface area contributed by atoms with Gasteiger partial charge in [-0.1, -0.05) is 13.8 Å². The third-order valence-corrected chi connectivity index (χ3v) is 3.36. The van der Waals surface area contributed by atoms with Gasteiger partial charge in [-0.25, -0.2) is 4.79 Å². The number of likely N-dealkylation sites (tertiary alicyclic amines) is 1. The molecule has 3 N–H and O–H groups in total. The summed E-state index contributed by atoms with van der Waals surface area (Å²) in [7, 11) is 0. The zero-order valence-electron chi connectivity index (χ0n) is 9.36. The fraction of sp³-hybridized carbons (Fsp3) is 0.800. The van der Waals surface area contributed by atoms with Gasteiger partial charge in [0.1, 0.15) is 5.54 Å². The van der Waals surface area contributed by atoms with E-state index in [0.29, 0.717) is 13.0 Å². The summed E-state index contributed by atoms with van der Waals surface area (Å²) in [6, 6.07) is -0.539. The van der Waals surface area contributed by atoms with Crippen LogP contribution in [0.2, 0.25) is 0 Å². The summed E-state index contributed by atoms with van der Waals surface area (Å²) in [5.74, 6) is -1.38. The van der Waals surface area contributed by atoms with E-state index in [2.05, 4.69) is 0 Å². The third-order valence-electron chi connectivity index (χ3n) is 3.36. The number of carboxylic acid groups (broad SMARTS) is 1. The Morgan fingerprint density at radius 1 is 1.67 bits per heavy atom. The predicted molar refractivity (Wildman–Crippen MR) is 55.2 cm³/mol. The minimum Gasteiger partial charge on any atom is -0.479 e. The lowest BCUT2D eigenvalue weighted by atomic mass is 9.87. The highest BCUT2D eigenvalue weighted by molar-refractivity contribution is 5.90. The normalized spacial score (nSPS) is 25.8. The lowest BCUT2D eigenvalue weighted by Gasteiger charge is -2.38. The molecule has 2 atom stereocenters. The highest BCUT2D eigenvalue weighted by Crippen LogP contribution is 2.29. The van der Waals surface area contributed by atoms with Gasteiger partial charge in [-0.3, -0.25) is 4.79 Å². The quantitative estimate of drug-likeness (QED) is 0.695. The predicted octanol–water partition coefficient (Wildman–Crippen LogP) is 0.0453. The Hall–Kier alpha value is -1.10. The van der Waals surface area contributed by atoms with Crippen molar-refractivity contribution in [2.24, 2.45) is 11.7 Å². The number of nitrogens with two attached hydrogens (primary N) is 1. The maximum Gasteiger partial charge on any atom is 0.329 e. The highest BCUT2D eigenvalue weighted by Gasteiger charge is 2.48. The van der Waals surface area contributed by atoms with E-state index in [4.69, 9.17) is 5.73 Å². The Bertz CT molecular complexity index is 290. The Kier molecular flexibility index (Phi) is 3.04. The van der Waals surface area contributed by atoms with Gasteiger partial charge in [0.15, 0.2) is 0 Å². The van der Waals surface area contributed by atoms with Crippen LogP contribution in [0.15, 0.2) is 0 Å². The number of amides is 1. The number of carboxylic acids is 1. The molecule has 0 aromatic rings. The van der Waals surface area contributed by atoms with Gasteiger partial charge in [-0.05, 0) is 19.3 Å². The van der Waals surface area contributed by atoms with Crippen molar-refractivity contribution in [3.8, 4) is 0 Å². The molecule has 0 aliphatic carbocycles. The fourth-order valence-electron chi connectivity index (χ4n) is 1.84. The summed E-state index contributed by atoms with van der Waals surface area (Å²) in [4.78, 5) is 24.4. The lowest BCUT2D eigenvalue weighted by Crippen LogP contribution is -2.57. The van der Waals surface area contributed by atoms with Crippen molar-refractivity contribution in [2.45, 2.75) is 38.8 Å². The molecule has 2 unspecified atom stereocenters. The van der Waals surface area contributed by atoms with Crippen LogP contribution in [-0.4, -0.2) is 40.0 Å². The average molecular weight is 214 g/mol. The molecule has 0 aromatic carbocycles. The molecule has 0 bridgehead atoms. The number of hydrogen-bond acceptors (Lipinski definition) is 3. The fourth-order valence-corrected chi connectivity index (χ4v) is 1.84. The molecule has 1 rings (SSSR count). The second-order valence-corrected chi connectivity index (χ2v) is 4.49. The summed E-state index contributed by atoms with van der Waals surface area (Å²) >= 11 is 0. The molecular formula is C10H18N2O3. The molecule has 0 aromatic heterocycles. The Morgan fingerprint density at radius 3 is 2.47 bits per heavy atom. The van der Waals surface area contributed by atoms with Gasteiger partial charge in [0.05, 0.1) is 6.04 Å². The van der Waals surface area contributed by atoms with E-state index >= 15 is 0 Å². The van der Waals surface area contributed by atoms with Crippen LogP contribution in [0.3, 0.4) is 0 Å². The van der Waals surface area contributed by atoms with Crippen molar-refractivity contribution >= 4 is 11.9 Å². The Morgan fingerprint density at radius 2 is 2.20 bits per heavy atom. The first-order chi connectivity index (χ1) is 6.81. The molecule has 1 saturated heterocycles. The molecule has 0 radical (unpaired) electrons. The number of aliphatic carboxylic acids is 1. The smallest absolute Gasteiger partial charge is 0.329 e. The third kappa shape index (κ3) is 1.71. The molecular weight excluding hydrogens is 196 g/mol. The monoisotopic (exact) mass is 214 g/mol. The van der Waals surface area contributed by atoms with Crippen molar-refractivity contribution in [3.05, 3.63) is 0 Å². The molecule has 0 saturated carbocycles. The average Bonchev–Trinajstić information content (AvgIpc) is 2.46. The van der Waals surface area contributed by atoms with E-state index in [1.807, 2.05) is 0 Å². The van der Waals surface area contributed by atoms with Crippen LogP contribution in [0.1, 0.15) is 27.2 Å². The summed E-state index contributed by atoms with van der Waals surface area (Å²) in [6.07, 6.45) is 0.536. The van der Waals surface area contributed by atoms with E-state index in [0.717, 1.165) is 0 Å². The summed E-state index contributed by atoms with van der Waals surface area (Å²) in [5.41, 5.74) is 4.43. The number of carbonyl (C=O) groups excluding carboxylic acids is 1. The second kappa shape index (κ2) is 3.81. The number of hydrogen-bond donors (Lipinski definition) is 2. The Labute approximate surface area is 89.2 Å². The maximum absolute atomic E-state index is 11.7. The number of nitrogens with zero attached hydrogens (tertiary/aromatic N) is 1. The van der Waals surface area contributed by atoms with Crippen molar-refractivity contribution in [1.29, 1.82) is 0 Å². The summed E-state index contributed by atoms with van der Waals surface area (Å²) < 4.78 is 0. The van der Waals surface area contributed by atoms with Crippen LogP contribution >= 0.6 is 0 Å². The van der Waals surface area contributed by atoms with Gasteiger partial charge >= 0.3 is 5.97 Å². The second-order valence-electron chi connectivity index (χ2n) is 4.49. The molecule has 86 valence electrons. The first kappa shape index (κ1) is 12.0. The van der Waals surface area contributed by atoms with Gasteiger partial charge in [0.2, 0.25) is 5.91 Å². The molecule has 15 heavy (non-hydrogen) atoms. The molecule has 1 heterocycles. The minimum absolute atomic E-state index is 0.149. The van der Waals surface area contributed by atoms with Crippen LogP contribution in [0.5, 0.6) is 0 Å². The van der Waals surface area contributed by atoms with Gasteiger partial charge in [0.25, 0.3) is 0 Å². The van der Waals surface area contributed by atoms with E-state index in [9.17, 15) is 14.7 Å². The Balaban J connectivity index is 3.02. The SMILES string of the molecule is CC(C)C(C)(C(=O)O)N1CCC(N)C1=O. The standard InChI is InChI=1S/C10H18N2O3/c1-6(2)10(3,9(14)15)12-5-4-7(11)8(12)13/h6-7H,4-5,11H2,1-3H3,(H,14,15). The van der Waals surface area contributed by atoms with Gasteiger partial charge in [-0.15, -0.1) is 0 Å². The maximum atomic E-state index is 11.7. The van der Waals surface area contributed by atoms with E-state index in [1.54, 1.807) is 20.8 Å². The van der Waals surface area contributed by atoms with Gasteiger partial charge in [0, 0.05) is 6.54 Å². The number of carbonyl (C=O) groups is 2. The van der Waals surface area contributed by atoms with Gasteiger partial charge in [-0.2, -0.15) is 0 Å². The minimum atomic E-state index is -1.15. The van der Waals surface area contributed by atoms with E-state index < -0.39 is 17.6 Å². The first-order valence-corrected chi connectivity index (χ1v) is 5.12. The molecule has 5 heteroatoms. The summed E-state index contributed by atoms with van der Waals surface area (Å²) in [6.45, 7) is 5.60. The number of rotatable bonds is 3. The molecule has 1 aliphatic heterocycles. The lowest BCUT2D eigenvalue weighted by molar-refractivity contribution is -0.159. The van der Waals surface area contributed by atoms with E-state index in [-0.39, 0.29) is 11.8 Å². The zero-order valence-corrected chi connectivity index (χ0v) is 9.36.